The van der Waals surface area contributed by atoms with Gasteiger partial charge in [-0.05, 0) is 55.5 Å². The van der Waals surface area contributed by atoms with Crippen LogP contribution in [-0.2, 0) is 0 Å². The van der Waals surface area contributed by atoms with Crippen LogP contribution < -0.4 is 16.0 Å². The number of methoxy groups -OCH3 is 1. The summed E-state index contributed by atoms with van der Waals surface area (Å²) in [5.74, 6) is 0.605. The predicted octanol–water partition coefficient (Wildman–Crippen LogP) is 4.11. The van der Waals surface area contributed by atoms with Crippen molar-refractivity contribution in [1.29, 1.82) is 0 Å². The number of fused-ring (bicyclic) bond motifs is 1. The molecule has 3 aromatic heterocycles. The third-order valence-corrected chi connectivity index (χ3v) is 5.04. The van der Waals surface area contributed by atoms with Crippen LogP contribution in [0.2, 0.25) is 0 Å². The zero-order chi connectivity index (χ0) is 19.8. The van der Waals surface area contributed by atoms with Gasteiger partial charge < -0.3 is 10.5 Å². The summed E-state index contributed by atoms with van der Waals surface area (Å²) in [7, 11) is 1.57. The highest BCUT2D eigenvalue weighted by Gasteiger charge is 2.19. The molecule has 4 aromatic rings. The number of anilines is 1. The van der Waals surface area contributed by atoms with E-state index in [1.165, 1.54) is 0 Å². The Hall–Kier alpha value is -3.19. The van der Waals surface area contributed by atoms with Gasteiger partial charge in [0, 0.05) is 15.6 Å². The SMILES string of the molecule is COc1ccc(-c2c(N)c3ccc(C)nc3n(-c3ccc(Br)cc3)c2=O)nc1. The lowest BCUT2D eigenvalue weighted by molar-refractivity contribution is 0.413. The number of aromatic nitrogens is 3. The second-order valence-electron chi connectivity index (χ2n) is 6.31. The topological polar surface area (TPSA) is 83.0 Å². The molecule has 0 unspecified atom stereocenters. The highest BCUT2D eigenvalue weighted by molar-refractivity contribution is 9.10. The number of ether oxygens (including phenoxy) is 1. The zero-order valence-electron chi connectivity index (χ0n) is 15.3. The highest BCUT2D eigenvalue weighted by atomic mass is 79.9. The van der Waals surface area contributed by atoms with E-state index < -0.39 is 0 Å². The molecule has 0 amide bonds. The molecule has 0 spiro atoms. The molecule has 0 aliphatic heterocycles. The molecule has 0 saturated carbocycles. The maximum absolute atomic E-state index is 13.5. The second kappa shape index (κ2) is 7.09. The van der Waals surface area contributed by atoms with Gasteiger partial charge in [0.2, 0.25) is 0 Å². The van der Waals surface area contributed by atoms with Crippen LogP contribution in [-0.4, -0.2) is 21.6 Å². The molecular formula is C21H17BrN4O2. The third-order valence-electron chi connectivity index (χ3n) is 4.52. The van der Waals surface area contributed by atoms with Crippen molar-refractivity contribution in [2.24, 2.45) is 0 Å². The maximum Gasteiger partial charge on any atom is 0.268 e. The van der Waals surface area contributed by atoms with Gasteiger partial charge in [-0.25, -0.2) is 4.98 Å². The number of aryl methyl sites for hydroxylation is 1. The van der Waals surface area contributed by atoms with Crippen molar-refractivity contribution >= 4 is 32.7 Å². The Morgan fingerprint density at radius 2 is 1.82 bits per heavy atom. The average Bonchev–Trinajstić information content (AvgIpc) is 2.70. The van der Waals surface area contributed by atoms with Crippen LogP contribution in [0.25, 0.3) is 28.0 Å². The van der Waals surface area contributed by atoms with Crippen molar-refractivity contribution in [3.63, 3.8) is 0 Å². The summed E-state index contributed by atoms with van der Waals surface area (Å²) < 4.78 is 7.66. The van der Waals surface area contributed by atoms with Crippen molar-refractivity contribution in [1.82, 2.24) is 14.5 Å². The van der Waals surface area contributed by atoms with Gasteiger partial charge in [0.1, 0.15) is 11.4 Å². The van der Waals surface area contributed by atoms with Gasteiger partial charge in [0.15, 0.2) is 0 Å². The quantitative estimate of drug-likeness (QED) is 0.522. The maximum atomic E-state index is 13.5. The normalized spacial score (nSPS) is 11.0. The van der Waals surface area contributed by atoms with E-state index in [0.717, 1.165) is 10.2 Å². The van der Waals surface area contributed by atoms with Crippen LogP contribution in [0.5, 0.6) is 5.75 Å². The van der Waals surface area contributed by atoms with E-state index in [0.29, 0.717) is 39.4 Å². The van der Waals surface area contributed by atoms with Crippen LogP contribution in [0.4, 0.5) is 5.69 Å². The molecule has 0 radical (unpaired) electrons. The molecule has 0 aliphatic carbocycles. The first-order chi connectivity index (χ1) is 13.5. The number of pyridine rings is 3. The van der Waals surface area contributed by atoms with E-state index in [-0.39, 0.29) is 5.56 Å². The largest absolute Gasteiger partial charge is 0.495 e. The minimum atomic E-state index is -0.275. The van der Waals surface area contributed by atoms with E-state index in [9.17, 15) is 4.79 Å². The van der Waals surface area contributed by atoms with Crippen LogP contribution in [0.15, 0.2) is 64.0 Å². The monoisotopic (exact) mass is 436 g/mol. The third kappa shape index (κ3) is 3.03. The first-order valence-corrected chi connectivity index (χ1v) is 9.37. The van der Waals surface area contributed by atoms with Gasteiger partial charge in [0.05, 0.1) is 35.9 Å². The van der Waals surface area contributed by atoms with E-state index in [4.69, 9.17) is 10.5 Å². The lowest BCUT2D eigenvalue weighted by Crippen LogP contribution is -2.23. The minimum absolute atomic E-state index is 0.275. The van der Waals surface area contributed by atoms with Crippen LogP contribution >= 0.6 is 15.9 Å². The molecule has 0 bridgehead atoms. The molecule has 0 fully saturated rings. The molecule has 0 aliphatic rings. The van der Waals surface area contributed by atoms with E-state index in [2.05, 4.69) is 25.9 Å². The first-order valence-electron chi connectivity index (χ1n) is 8.58. The number of hydrogen-bond acceptors (Lipinski definition) is 5. The van der Waals surface area contributed by atoms with E-state index in [1.807, 2.05) is 43.3 Å². The fraction of sp³-hybridized carbons (Fsp3) is 0.0952. The lowest BCUT2D eigenvalue weighted by atomic mass is 10.1. The Balaban J connectivity index is 2.10. The summed E-state index contributed by atoms with van der Waals surface area (Å²) in [6.07, 6.45) is 1.57. The van der Waals surface area contributed by atoms with Gasteiger partial charge >= 0.3 is 0 Å². The summed E-state index contributed by atoms with van der Waals surface area (Å²) in [4.78, 5) is 22.5. The van der Waals surface area contributed by atoms with E-state index in [1.54, 1.807) is 30.0 Å². The smallest absolute Gasteiger partial charge is 0.268 e. The molecular weight excluding hydrogens is 420 g/mol. The van der Waals surface area contributed by atoms with Crippen molar-refractivity contribution in [2.45, 2.75) is 6.92 Å². The predicted molar refractivity (Wildman–Crippen MR) is 114 cm³/mol. The summed E-state index contributed by atoms with van der Waals surface area (Å²) in [5.41, 5.74) is 9.33. The Bertz CT molecular complexity index is 1230. The van der Waals surface area contributed by atoms with Crippen LogP contribution in [0.3, 0.4) is 0 Å². The average molecular weight is 437 g/mol. The number of nitrogens with zero attached hydrogens (tertiary/aromatic N) is 3. The molecule has 28 heavy (non-hydrogen) atoms. The standard InChI is InChI=1S/C21H17BrN4O2/c1-12-3-9-16-19(23)18(17-10-8-15(28-2)11-24-17)21(27)26(20(16)25-12)14-6-4-13(22)5-7-14/h3-11H,23H2,1-2H3. The van der Waals surface area contributed by atoms with Crippen LogP contribution in [0, 0.1) is 6.92 Å². The molecule has 1 aromatic carbocycles. The Kier molecular flexibility index (Phi) is 4.60. The molecule has 6 nitrogen and oxygen atoms in total. The van der Waals surface area contributed by atoms with Crippen molar-refractivity contribution < 1.29 is 4.74 Å². The fourth-order valence-electron chi connectivity index (χ4n) is 3.11. The molecule has 4 rings (SSSR count). The van der Waals surface area contributed by atoms with Gasteiger partial charge in [-0.3, -0.25) is 14.3 Å². The number of benzene rings is 1. The minimum Gasteiger partial charge on any atom is -0.495 e. The fourth-order valence-corrected chi connectivity index (χ4v) is 3.37. The first kappa shape index (κ1) is 18.2. The Morgan fingerprint density at radius 3 is 2.46 bits per heavy atom. The summed E-state index contributed by atoms with van der Waals surface area (Å²) >= 11 is 3.43. The van der Waals surface area contributed by atoms with Crippen LogP contribution in [0.1, 0.15) is 5.69 Å². The number of nitrogen functional groups attached to an aromatic ring is 1. The van der Waals surface area contributed by atoms with Gasteiger partial charge in [-0.2, -0.15) is 0 Å². The molecule has 0 atom stereocenters. The molecule has 2 N–H and O–H groups in total. The van der Waals surface area contributed by atoms with Gasteiger partial charge in [0.25, 0.3) is 5.56 Å². The number of nitrogens with two attached hydrogens (primary N) is 1. The number of rotatable bonds is 3. The Morgan fingerprint density at radius 1 is 1.07 bits per heavy atom. The number of hydrogen-bond donors (Lipinski definition) is 1. The van der Waals surface area contributed by atoms with Crippen molar-refractivity contribution in [3.8, 4) is 22.7 Å². The zero-order valence-corrected chi connectivity index (χ0v) is 16.9. The highest BCUT2D eigenvalue weighted by Crippen LogP contribution is 2.30. The van der Waals surface area contributed by atoms with E-state index >= 15 is 0 Å². The summed E-state index contributed by atoms with van der Waals surface area (Å²) in [6.45, 7) is 1.88. The lowest BCUT2D eigenvalue weighted by Gasteiger charge is -2.15. The molecule has 3 heterocycles. The molecule has 0 saturated heterocycles. The van der Waals surface area contributed by atoms with Crippen molar-refractivity contribution in [3.05, 3.63) is 75.2 Å². The summed E-state index contributed by atoms with van der Waals surface area (Å²) in [6, 6.07) is 14.7. The number of halogens is 1. The van der Waals surface area contributed by atoms with Gasteiger partial charge in [-0.1, -0.05) is 15.9 Å². The van der Waals surface area contributed by atoms with Crippen molar-refractivity contribution in [2.75, 3.05) is 12.8 Å². The second-order valence-corrected chi connectivity index (χ2v) is 7.23. The van der Waals surface area contributed by atoms with Gasteiger partial charge in [-0.15, -0.1) is 0 Å². The Labute approximate surface area is 169 Å². The molecule has 140 valence electrons. The molecule has 7 heteroatoms. The summed E-state index contributed by atoms with van der Waals surface area (Å²) in [5, 5.41) is 0.695.